The van der Waals surface area contributed by atoms with Gasteiger partial charge in [-0.3, -0.25) is 9.59 Å². The molecule has 0 radical (unpaired) electrons. The van der Waals surface area contributed by atoms with Gasteiger partial charge in [-0.25, -0.2) is 4.79 Å². The Labute approximate surface area is 260 Å². The summed E-state index contributed by atoms with van der Waals surface area (Å²) in [5, 5.41) is 2.05. The summed E-state index contributed by atoms with van der Waals surface area (Å²) >= 11 is 0. The largest absolute Gasteiger partial charge is 0.481 e. The Morgan fingerprint density at radius 1 is 0.977 bits per heavy atom. The number of ketones is 1. The molecule has 0 fully saturated rings. The third-order valence-electron chi connectivity index (χ3n) is 6.51. The number of carbonyl (C=O) groups excluding carboxylic acids is 3. The fourth-order valence-corrected chi connectivity index (χ4v) is 4.54. The Morgan fingerprint density at radius 3 is 2.25 bits per heavy atom. The van der Waals surface area contributed by atoms with E-state index in [1.165, 1.54) is 0 Å². The number of fused-ring (bicyclic) bond motifs is 2. The van der Waals surface area contributed by atoms with Crippen LogP contribution in [0.15, 0.2) is 97.1 Å². The highest BCUT2D eigenvalue weighted by atomic mass is 16.6. The minimum absolute atomic E-state index is 0.130. The highest BCUT2D eigenvalue weighted by Gasteiger charge is 2.27. The van der Waals surface area contributed by atoms with Crippen molar-refractivity contribution in [3.8, 4) is 5.75 Å². The normalized spacial score (nSPS) is 10.7. The lowest BCUT2D eigenvalue weighted by atomic mass is 10.00. The van der Waals surface area contributed by atoms with E-state index in [9.17, 15) is 14.4 Å². The number of rotatable bonds is 11. The summed E-state index contributed by atoms with van der Waals surface area (Å²) in [6, 6.07) is 18.8. The maximum Gasteiger partial charge on any atom is 0.344 e. The van der Waals surface area contributed by atoms with E-state index in [2.05, 4.69) is 19.6 Å². The predicted octanol–water partition coefficient (Wildman–Crippen LogP) is 7.80. The lowest BCUT2D eigenvalue weighted by Crippen LogP contribution is -2.24. The minimum Gasteiger partial charge on any atom is -0.481 e. The molecule has 0 bridgehead atoms. The fraction of sp³-hybridized carbons (Fsp3) is 0.270. The second-order valence-corrected chi connectivity index (χ2v) is 9.73. The quantitative estimate of drug-likeness (QED) is 0.0824. The second kappa shape index (κ2) is 17.9. The zero-order valence-corrected chi connectivity index (χ0v) is 26.7. The predicted molar refractivity (Wildman–Crippen MR) is 180 cm³/mol. The monoisotopic (exact) mass is 596 g/mol. The fourth-order valence-electron chi connectivity index (χ4n) is 4.54. The van der Waals surface area contributed by atoms with E-state index < -0.39 is 17.7 Å². The number of nitrogens with two attached hydrogens (primary N) is 1. The van der Waals surface area contributed by atoms with Crippen LogP contribution < -0.4 is 10.5 Å². The first-order chi connectivity index (χ1) is 21.2. The molecule has 7 heteroatoms. The molecule has 0 saturated carbocycles. The Morgan fingerprint density at radius 2 is 1.64 bits per heavy atom. The van der Waals surface area contributed by atoms with Gasteiger partial charge in [0.2, 0.25) is 0 Å². The van der Waals surface area contributed by atoms with Gasteiger partial charge in [0.05, 0.1) is 16.5 Å². The summed E-state index contributed by atoms with van der Waals surface area (Å²) in [6.45, 7) is 13.5. The van der Waals surface area contributed by atoms with Gasteiger partial charge in [0.25, 0.3) is 11.7 Å². The molecule has 0 atom stereocenters. The third kappa shape index (κ3) is 9.30. The Kier molecular flexibility index (Phi) is 14.4. The van der Waals surface area contributed by atoms with Crippen LogP contribution in [0.3, 0.4) is 0 Å². The van der Waals surface area contributed by atoms with E-state index in [4.69, 9.17) is 15.2 Å². The van der Waals surface area contributed by atoms with Crippen LogP contribution in [0, 0.1) is 0 Å². The summed E-state index contributed by atoms with van der Waals surface area (Å²) < 4.78 is 13.2. The molecule has 0 aliphatic rings. The van der Waals surface area contributed by atoms with Crippen molar-refractivity contribution >= 4 is 39.3 Å². The second-order valence-electron chi connectivity index (χ2n) is 9.73. The van der Waals surface area contributed by atoms with Crippen LogP contribution in [-0.2, 0) is 34.4 Å². The molecule has 1 heterocycles. The van der Waals surface area contributed by atoms with Crippen LogP contribution in [0.1, 0.15) is 62.7 Å². The van der Waals surface area contributed by atoms with Crippen molar-refractivity contribution in [2.75, 3.05) is 6.61 Å². The lowest BCUT2D eigenvalue weighted by molar-refractivity contribution is -0.147. The number of carbonyl (C=O) groups is 3. The van der Waals surface area contributed by atoms with Crippen LogP contribution >= 0.6 is 0 Å². The summed E-state index contributed by atoms with van der Waals surface area (Å²) in [7, 11) is 1.83. The molecular formula is C37H44N2O5. The van der Waals surface area contributed by atoms with Crippen molar-refractivity contribution in [2.45, 2.75) is 54.1 Å². The van der Waals surface area contributed by atoms with E-state index in [0.29, 0.717) is 34.2 Å². The topological polar surface area (TPSA) is 101 Å². The summed E-state index contributed by atoms with van der Waals surface area (Å²) in [4.78, 5) is 37.1. The number of esters is 1. The van der Waals surface area contributed by atoms with Gasteiger partial charge in [0.15, 0.2) is 6.61 Å². The highest BCUT2D eigenvalue weighted by molar-refractivity contribution is 6.45. The maximum absolute atomic E-state index is 12.8. The number of hydrogen-bond donors (Lipinski definition) is 1. The number of allylic oxidation sites excluding steroid dienone is 5. The van der Waals surface area contributed by atoms with Gasteiger partial charge in [-0.1, -0.05) is 119 Å². The average Bonchev–Trinajstić information content (AvgIpc) is 3.32. The van der Waals surface area contributed by atoms with Crippen LogP contribution in [0.2, 0.25) is 0 Å². The molecular weight excluding hydrogens is 552 g/mol. The zero-order chi connectivity index (χ0) is 32.6. The molecule has 0 aliphatic carbocycles. The number of benzene rings is 3. The van der Waals surface area contributed by atoms with Crippen LogP contribution in [0.25, 0.3) is 21.7 Å². The first kappa shape index (κ1) is 35.3. The van der Waals surface area contributed by atoms with E-state index in [1.807, 2.05) is 118 Å². The molecule has 4 rings (SSSR count). The lowest BCUT2D eigenvalue weighted by Gasteiger charge is -2.12. The number of primary amides is 1. The van der Waals surface area contributed by atoms with Crippen molar-refractivity contribution in [1.82, 2.24) is 4.57 Å². The molecule has 1 amide bonds. The number of aromatic nitrogens is 1. The standard InChI is InChI=1S/C26H24N2O5.C9H14.C2H6/c1-3-19-22(24(30)26(27)31)23-20(28(19)2)13-17-11-7-8-12-18(17)25(23)33-15-21(29)32-14-16-9-5-4-6-10-16;1-4-5-6-7-8-9(2)3;1-2/h4-13H,3,14-15H2,1-2H3,(H2,27,31);5-8H,2,4H2,1,3H3;1-2H3/b;6-5-,8-7-;. The molecule has 232 valence electrons. The van der Waals surface area contributed by atoms with E-state index in [1.54, 1.807) is 0 Å². The number of nitrogens with zero attached hydrogens (tertiary/aromatic N) is 1. The highest BCUT2D eigenvalue weighted by Crippen LogP contribution is 2.40. The Balaban J connectivity index is 0.000000529. The van der Waals surface area contributed by atoms with Crippen molar-refractivity contribution in [1.29, 1.82) is 0 Å². The summed E-state index contributed by atoms with van der Waals surface area (Å²) in [5.74, 6) is -2.03. The van der Waals surface area contributed by atoms with Crippen molar-refractivity contribution in [3.05, 3.63) is 114 Å². The minimum atomic E-state index is -1.04. The molecule has 0 spiro atoms. The van der Waals surface area contributed by atoms with Crippen molar-refractivity contribution in [3.63, 3.8) is 0 Å². The van der Waals surface area contributed by atoms with Gasteiger partial charge >= 0.3 is 5.97 Å². The molecule has 4 aromatic rings. The maximum atomic E-state index is 12.8. The smallest absolute Gasteiger partial charge is 0.344 e. The molecule has 1 aromatic heterocycles. The van der Waals surface area contributed by atoms with Crippen molar-refractivity contribution in [2.24, 2.45) is 12.8 Å². The van der Waals surface area contributed by atoms with Gasteiger partial charge in [0.1, 0.15) is 12.4 Å². The molecule has 7 nitrogen and oxygen atoms in total. The Hall–Kier alpha value is -4.91. The van der Waals surface area contributed by atoms with E-state index in [-0.39, 0.29) is 18.8 Å². The van der Waals surface area contributed by atoms with Gasteiger partial charge in [0, 0.05) is 18.1 Å². The van der Waals surface area contributed by atoms with Gasteiger partial charge in [-0.05, 0) is 36.8 Å². The molecule has 3 aromatic carbocycles. The molecule has 0 unspecified atom stereocenters. The molecule has 2 N–H and O–H groups in total. The Bertz CT molecular complexity index is 1650. The molecule has 0 saturated heterocycles. The molecule has 44 heavy (non-hydrogen) atoms. The summed E-state index contributed by atoms with van der Waals surface area (Å²) in [5.41, 5.74) is 8.90. The first-order valence-corrected chi connectivity index (χ1v) is 14.9. The zero-order valence-electron chi connectivity index (χ0n) is 26.7. The number of Topliss-reactive ketones (excluding diaryl/α,β-unsaturated/α-hetero) is 1. The van der Waals surface area contributed by atoms with Crippen molar-refractivity contribution < 1.29 is 23.9 Å². The SMILES string of the molecule is C=C(C)/C=C\C=C/CC.CC.CCc1c(C(=O)C(N)=O)c2c(OCC(=O)OCc3ccccc3)c3ccccc3cc2n1C. The van der Waals surface area contributed by atoms with Crippen LogP contribution in [0.4, 0.5) is 0 Å². The van der Waals surface area contributed by atoms with Crippen LogP contribution in [-0.4, -0.2) is 28.8 Å². The van der Waals surface area contributed by atoms with Gasteiger partial charge < -0.3 is 19.8 Å². The number of aryl methyl sites for hydroxylation is 1. The number of amides is 1. The van der Waals surface area contributed by atoms with Crippen LogP contribution in [0.5, 0.6) is 5.75 Å². The number of hydrogen-bond acceptors (Lipinski definition) is 5. The molecule has 0 aliphatic heterocycles. The van der Waals surface area contributed by atoms with Gasteiger partial charge in [-0.2, -0.15) is 0 Å². The summed E-state index contributed by atoms with van der Waals surface area (Å²) in [6.07, 6.45) is 9.75. The van der Waals surface area contributed by atoms with Gasteiger partial charge in [-0.15, -0.1) is 0 Å². The third-order valence-corrected chi connectivity index (χ3v) is 6.51. The first-order valence-electron chi connectivity index (χ1n) is 14.9. The van der Waals surface area contributed by atoms with E-state index >= 15 is 0 Å². The number of ether oxygens (including phenoxy) is 2. The van der Waals surface area contributed by atoms with E-state index in [0.717, 1.165) is 22.9 Å². The average molecular weight is 597 g/mol.